The van der Waals surface area contributed by atoms with Gasteiger partial charge in [-0.25, -0.2) is 4.98 Å². The maximum absolute atomic E-state index is 10.7. The highest BCUT2D eigenvalue weighted by atomic mass is 32.2. The molecule has 2 unspecified atom stereocenters. The summed E-state index contributed by atoms with van der Waals surface area (Å²) in [5, 5.41) is 9.53. The standard InChI is InChI=1S/C12H18N2O3S/c1-8-6-13-11(18-7-10(15)16)14(8)12(3)4-5-17-9(12)2/h6,9H,4-5,7H2,1-3H3,(H,15,16). The number of aryl methyl sites for hydroxylation is 1. The number of carbonyl (C=O) groups is 1. The first-order chi connectivity index (χ1) is 8.45. The first kappa shape index (κ1) is 13.4. The van der Waals surface area contributed by atoms with Crippen molar-refractivity contribution >= 4 is 17.7 Å². The average molecular weight is 270 g/mol. The molecular formula is C12H18N2O3S. The van der Waals surface area contributed by atoms with E-state index in [0.29, 0.717) is 0 Å². The Kier molecular flexibility index (Phi) is 3.68. The number of ether oxygens (including phenoxy) is 1. The molecule has 1 N–H and O–H groups in total. The summed E-state index contributed by atoms with van der Waals surface area (Å²) in [6, 6.07) is 0. The lowest BCUT2D eigenvalue weighted by Gasteiger charge is -2.32. The number of carboxylic acid groups (broad SMARTS) is 1. The fraction of sp³-hybridized carbons (Fsp3) is 0.667. The second kappa shape index (κ2) is 4.93. The van der Waals surface area contributed by atoms with E-state index in [1.165, 1.54) is 11.8 Å². The Labute approximate surface area is 111 Å². The van der Waals surface area contributed by atoms with Gasteiger partial charge in [0.05, 0.1) is 17.4 Å². The predicted octanol–water partition coefficient (Wildman–Crippen LogP) is 1.89. The van der Waals surface area contributed by atoms with Crippen LogP contribution in [-0.2, 0) is 15.1 Å². The smallest absolute Gasteiger partial charge is 0.313 e. The van der Waals surface area contributed by atoms with Crippen molar-refractivity contribution in [3.63, 3.8) is 0 Å². The number of hydrogen-bond acceptors (Lipinski definition) is 4. The van der Waals surface area contributed by atoms with E-state index in [1.54, 1.807) is 6.20 Å². The molecule has 5 nitrogen and oxygen atoms in total. The van der Waals surface area contributed by atoms with Crippen LogP contribution in [0.3, 0.4) is 0 Å². The Morgan fingerprint density at radius 2 is 2.50 bits per heavy atom. The van der Waals surface area contributed by atoms with Crippen LogP contribution in [-0.4, -0.2) is 39.1 Å². The van der Waals surface area contributed by atoms with E-state index >= 15 is 0 Å². The van der Waals surface area contributed by atoms with Crippen LogP contribution in [0.15, 0.2) is 11.4 Å². The lowest BCUT2D eigenvalue weighted by atomic mass is 9.94. The molecule has 0 radical (unpaired) electrons. The summed E-state index contributed by atoms with van der Waals surface area (Å²) in [4.78, 5) is 15.0. The van der Waals surface area contributed by atoms with Crippen molar-refractivity contribution < 1.29 is 14.6 Å². The van der Waals surface area contributed by atoms with Crippen LogP contribution in [0.2, 0.25) is 0 Å². The van der Waals surface area contributed by atoms with Crippen molar-refractivity contribution in [1.82, 2.24) is 9.55 Å². The average Bonchev–Trinajstić information content (AvgIpc) is 2.82. The van der Waals surface area contributed by atoms with Gasteiger partial charge in [-0.1, -0.05) is 11.8 Å². The zero-order valence-electron chi connectivity index (χ0n) is 10.8. The number of thioether (sulfide) groups is 1. The highest BCUT2D eigenvalue weighted by molar-refractivity contribution is 7.99. The summed E-state index contributed by atoms with van der Waals surface area (Å²) in [6.45, 7) is 6.93. The molecule has 1 aromatic rings. The van der Waals surface area contributed by atoms with Crippen molar-refractivity contribution in [2.24, 2.45) is 0 Å². The van der Waals surface area contributed by atoms with E-state index in [4.69, 9.17) is 9.84 Å². The van der Waals surface area contributed by atoms with Crippen LogP contribution in [0.25, 0.3) is 0 Å². The summed E-state index contributed by atoms with van der Waals surface area (Å²) in [6.07, 6.45) is 2.82. The van der Waals surface area contributed by atoms with E-state index in [1.807, 2.05) is 6.92 Å². The van der Waals surface area contributed by atoms with Crippen LogP contribution in [0.5, 0.6) is 0 Å². The monoisotopic (exact) mass is 270 g/mol. The van der Waals surface area contributed by atoms with Gasteiger partial charge in [-0.05, 0) is 27.2 Å². The maximum Gasteiger partial charge on any atom is 0.313 e. The second-order valence-electron chi connectivity index (χ2n) is 4.82. The summed E-state index contributed by atoms with van der Waals surface area (Å²) in [5.41, 5.74) is 0.907. The summed E-state index contributed by atoms with van der Waals surface area (Å²) >= 11 is 1.26. The van der Waals surface area contributed by atoms with Gasteiger partial charge in [0.15, 0.2) is 5.16 Å². The van der Waals surface area contributed by atoms with Gasteiger partial charge in [0.1, 0.15) is 0 Å². The number of nitrogens with zero attached hydrogens (tertiary/aromatic N) is 2. The normalized spacial score (nSPS) is 27.6. The van der Waals surface area contributed by atoms with E-state index < -0.39 is 5.97 Å². The highest BCUT2D eigenvalue weighted by Crippen LogP contribution is 2.37. The topological polar surface area (TPSA) is 64.3 Å². The van der Waals surface area contributed by atoms with Crippen LogP contribution in [0, 0.1) is 6.92 Å². The molecule has 100 valence electrons. The van der Waals surface area contributed by atoms with Crippen LogP contribution in [0.4, 0.5) is 0 Å². The van der Waals surface area contributed by atoms with Gasteiger partial charge < -0.3 is 14.4 Å². The van der Waals surface area contributed by atoms with E-state index in [9.17, 15) is 4.79 Å². The van der Waals surface area contributed by atoms with E-state index in [0.717, 1.165) is 23.9 Å². The minimum atomic E-state index is -0.826. The Hall–Kier alpha value is -1.01. The molecule has 1 aromatic heterocycles. The summed E-state index contributed by atoms with van der Waals surface area (Å²) in [7, 11) is 0. The largest absolute Gasteiger partial charge is 0.481 e. The molecule has 18 heavy (non-hydrogen) atoms. The Bertz CT molecular complexity index is 460. The predicted molar refractivity (Wildman–Crippen MR) is 69.0 cm³/mol. The Morgan fingerprint density at radius 3 is 3.06 bits per heavy atom. The SMILES string of the molecule is Cc1cnc(SCC(=O)O)n1C1(C)CCOC1C. The summed E-state index contributed by atoms with van der Waals surface area (Å²) < 4.78 is 7.78. The second-order valence-corrected chi connectivity index (χ2v) is 5.76. The molecule has 1 saturated heterocycles. The first-order valence-electron chi connectivity index (χ1n) is 5.96. The van der Waals surface area contributed by atoms with Gasteiger partial charge in [0, 0.05) is 18.5 Å². The minimum absolute atomic E-state index is 0.0295. The van der Waals surface area contributed by atoms with Crippen molar-refractivity contribution in [3.8, 4) is 0 Å². The minimum Gasteiger partial charge on any atom is -0.481 e. The van der Waals surface area contributed by atoms with E-state index in [-0.39, 0.29) is 17.4 Å². The van der Waals surface area contributed by atoms with E-state index in [2.05, 4.69) is 23.4 Å². The third kappa shape index (κ3) is 2.27. The van der Waals surface area contributed by atoms with Crippen LogP contribution >= 0.6 is 11.8 Å². The third-order valence-corrected chi connectivity index (χ3v) is 4.53. The molecule has 0 saturated carbocycles. The lowest BCUT2D eigenvalue weighted by molar-refractivity contribution is -0.133. The Balaban J connectivity index is 2.31. The lowest BCUT2D eigenvalue weighted by Crippen LogP contribution is -2.38. The van der Waals surface area contributed by atoms with Crippen molar-refractivity contribution in [1.29, 1.82) is 0 Å². The fourth-order valence-electron chi connectivity index (χ4n) is 2.38. The van der Waals surface area contributed by atoms with Gasteiger partial charge in [-0.2, -0.15) is 0 Å². The number of aliphatic carboxylic acids is 1. The van der Waals surface area contributed by atoms with Gasteiger partial charge >= 0.3 is 5.97 Å². The molecule has 0 spiro atoms. The molecule has 0 aliphatic carbocycles. The number of rotatable bonds is 4. The zero-order valence-corrected chi connectivity index (χ0v) is 11.7. The first-order valence-corrected chi connectivity index (χ1v) is 6.94. The van der Waals surface area contributed by atoms with Gasteiger partial charge in [0.2, 0.25) is 0 Å². The molecular weight excluding hydrogens is 252 g/mol. The molecule has 0 aromatic carbocycles. The number of imidazole rings is 1. The molecule has 2 rings (SSSR count). The molecule has 2 heterocycles. The molecule has 0 bridgehead atoms. The molecule has 1 aliphatic heterocycles. The van der Waals surface area contributed by atoms with Crippen LogP contribution < -0.4 is 0 Å². The van der Waals surface area contributed by atoms with Gasteiger partial charge in [-0.15, -0.1) is 0 Å². The third-order valence-electron chi connectivity index (χ3n) is 3.59. The number of carboxylic acids is 1. The summed E-state index contributed by atoms with van der Waals surface area (Å²) in [5.74, 6) is -0.796. The van der Waals surface area contributed by atoms with Crippen molar-refractivity contribution in [3.05, 3.63) is 11.9 Å². The van der Waals surface area contributed by atoms with Crippen LogP contribution in [0.1, 0.15) is 26.0 Å². The number of aromatic nitrogens is 2. The molecule has 1 aliphatic rings. The molecule has 2 atom stereocenters. The molecule has 1 fully saturated rings. The zero-order chi connectivity index (χ0) is 13.3. The van der Waals surface area contributed by atoms with Crippen molar-refractivity contribution in [2.45, 2.75) is 44.0 Å². The quantitative estimate of drug-likeness (QED) is 0.846. The maximum atomic E-state index is 10.7. The highest BCUT2D eigenvalue weighted by Gasteiger charge is 2.40. The van der Waals surface area contributed by atoms with Crippen molar-refractivity contribution in [2.75, 3.05) is 12.4 Å². The van der Waals surface area contributed by atoms with Gasteiger partial charge in [0.25, 0.3) is 0 Å². The molecule has 6 heteroatoms. The fourth-order valence-corrected chi connectivity index (χ4v) is 3.24. The van der Waals surface area contributed by atoms with Gasteiger partial charge in [-0.3, -0.25) is 4.79 Å². The number of hydrogen-bond donors (Lipinski definition) is 1. The molecule has 0 amide bonds. The Morgan fingerprint density at radius 1 is 1.78 bits per heavy atom.